The van der Waals surface area contributed by atoms with Gasteiger partial charge in [0.05, 0.1) is 5.69 Å². The molecule has 1 fully saturated rings. The highest BCUT2D eigenvalue weighted by Gasteiger charge is 2.31. The van der Waals surface area contributed by atoms with Gasteiger partial charge >= 0.3 is 0 Å². The van der Waals surface area contributed by atoms with Crippen molar-refractivity contribution in [1.82, 2.24) is 19.4 Å². The number of aryl methyl sites for hydroxylation is 1. The number of nitrogens with one attached hydrogen (secondary N) is 2. The van der Waals surface area contributed by atoms with Gasteiger partial charge in [-0.05, 0) is 74.5 Å². The van der Waals surface area contributed by atoms with Gasteiger partial charge in [0.2, 0.25) is 5.91 Å². The third-order valence-electron chi connectivity index (χ3n) is 8.30. The summed E-state index contributed by atoms with van der Waals surface area (Å²) in [6, 6.07) is 20.3. The number of hydrogen-bond acceptors (Lipinski definition) is 7. The maximum atomic E-state index is 13.1. The summed E-state index contributed by atoms with van der Waals surface area (Å²) < 4.78 is 1.49. The van der Waals surface area contributed by atoms with E-state index in [-0.39, 0.29) is 29.2 Å². The van der Waals surface area contributed by atoms with Crippen molar-refractivity contribution < 1.29 is 9.59 Å². The van der Waals surface area contributed by atoms with E-state index in [0.29, 0.717) is 29.2 Å². The Labute approximate surface area is 257 Å². The Balaban J connectivity index is 1.37. The van der Waals surface area contributed by atoms with Crippen LogP contribution in [0.25, 0.3) is 11.3 Å². The Morgan fingerprint density at radius 1 is 0.977 bits per heavy atom. The van der Waals surface area contributed by atoms with Gasteiger partial charge in [-0.3, -0.25) is 19.3 Å². The highest BCUT2D eigenvalue weighted by Crippen LogP contribution is 2.29. The van der Waals surface area contributed by atoms with Crippen LogP contribution in [0.3, 0.4) is 0 Å². The van der Waals surface area contributed by atoms with E-state index in [0.717, 1.165) is 35.5 Å². The van der Waals surface area contributed by atoms with Gasteiger partial charge in [-0.2, -0.15) is 0 Å². The number of aromatic nitrogens is 2. The zero-order valence-corrected chi connectivity index (χ0v) is 26.1. The summed E-state index contributed by atoms with van der Waals surface area (Å²) >= 11 is 0. The number of carbonyl (C=O) groups is 2. The first-order valence-corrected chi connectivity index (χ1v) is 14.7. The lowest BCUT2D eigenvalue weighted by Gasteiger charge is -2.37. The second-order valence-electron chi connectivity index (χ2n) is 11.3. The largest absolute Gasteiger partial charge is 0.375 e. The molecule has 1 aliphatic rings. The molecule has 2 N–H and O–H groups in total. The van der Waals surface area contributed by atoms with Gasteiger partial charge in [-0.15, -0.1) is 0 Å². The van der Waals surface area contributed by atoms with Crippen LogP contribution in [0.15, 0.2) is 77.7 Å². The molecule has 4 aromatic rings. The standard InChI is InChI=1S/C34H39N7O3/c1-7-38(3)26-17-13-24(14-18-26)32(42)37-28-10-8-9-27(22(28)2)29-21-41(6)34(44)31(36-29)35-25-15-11-23(12-16-25)30-33(43)40(5)20-19-39(30)4/h8-18,21,30H,7,19-20H2,1-6H3,(H,35,36)(H,37,42). The van der Waals surface area contributed by atoms with Gasteiger partial charge in [0.15, 0.2) is 5.82 Å². The monoisotopic (exact) mass is 593 g/mol. The lowest BCUT2D eigenvalue weighted by Crippen LogP contribution is -2.48. The number of benzene rings is 3. The number of nitrogens with zero attached hydrogens (tertiary/aromatic N) is 5. The predicted octanol–water partition coefficient (Wildman–Crippen LogP) is 4.65. The molecule has 1 aromatic heterocycles. The number of likely N-dealkylation sites (N-methyl/N-ethyl adjacent to an activating group) is 2. The van der Waals surface area contributed by atoms with Crippen LogP contribution < -0.4 is 21.1 Å². The topological polar surface area (TPSA) is 103 Å². The van der Waals surface area contributed by atoms with Gasteiger partial charge in [0.1, 0.15) is 6.04 Å². The molecule has 1 aliphatic heterocycles. The van der Waals surface area contributed by atoms with Crippen molar-refractivity contribution in [2.45, 2.75) is 19.9 Å². The number of hydrogen-bond donors (Lipinski definition) is 2. The van der Waals surface area contributed by atoms with Gasteiger partial charge in [0.25, 0.3) is 11.5 Å². The minimum atomic E-state index is -0.338. The molecule has 3 aromatic carbocycles. The van der Waals surface area contributed by atoms with E-state index >= 15 is 0 Å². The van der Waals surface area contributed by atoms with Crippen molar-refractivity contribution >= 4 is 34.7 Å². The second kappa shape index (κ2) is 12.7. The SMILES string of the molecule is CCN(C)c1ccc(C(=O)Nc2cccc(-c3cn(C)c(=O)c(Nc4ccc(C5C(=O)N(C)CCN5C)cc4)n3)c2C)cc1. The molecule has 1 saturated heterocycles. The first-order chi connectivity index (χ1) is 21.1. The zero-order chi connectivity index (χ0) is 31.5. The highest BCUT2D eigenvalue weighted by atomic mass is 16.2. The van der Waals surface area contributed by atoms with Gasteiger partial charge in [-0.25, -0.2) is 4.98 Å². The van der Waals surface area contributed by atoms with Gasteiger partial charge in [-0.1, -0.05) is 24.3 Å². The van der Waals surface area contributed by atoms with Crippen molar-refractivity contribution in [1.29, 1.82) is 0 Å². The molecule has 1 unspecified atom stereocenters. The third kappa shape index (κ3) is 6.21. The number of piperazine rings is 1. The Hall–Kier alpha value is -4.96. The van der Waals surface area contributed by atoms with Gasteiger partial charge in [0, 0.05) is 75.2 Å². The minimum Gasteiger partial charge on any atom is -0.375 e. The molecule has 0 saturated carbocycles. The van der Waals surface area contributed by atoms with Gasteiger partial charge < -0.3 is 25.0 Å². The average molecular weight is 594 g/mol. The molecule has 2 heterocycles. The summed E-state index contributed by atoms with van der Waals surface area (Å²) in [5.41, 5.74) is 5.78. The fraction of sp³-hybridized carbons (Fsp3) is 0.294. The van der Waals surface area contributed by atoms with E-state index in [1.165, 1.54) is 4.57 Å². The van der Waals surface area contributed by atoms with E-state index in [1.54, 1.807) is 18.1 Å². The summed E-state index contributed by atoms with van der Waals surface area (Å²) in [6.45, 7) is 6.37. The summed E-state index contributed by atoms with van der Waals surface area (Å²) in [6.07, 6.45) is 1.69. The summed E-state index contributed by atoms with van der Waals surface area (Å²) in [5.74, 6) is 0.0338. The molecule has 10 heteroatoms. The van der Waals surface area contributed by atoms with Crippen molar-refractivity contribution in [2.75, 3.05) is 56.3 Å². The Kier molecular flexibility index (Phi) is 8.82. The van der Waals surface area contributed by atoms with Crippen LogP contribution in [0.2, 0.25) is 0 Å². The lowest BCUT2D eigenvalue weighted by molar-refractivity contribution is -0.139. The molecule has 44 heavy (non-hydrogen) atoms. The predicted molar refractivity (Wildman–Crippen MR) is 176 cm³/mol. The molecule has 10 nitrogen and oxygen atoms in total. The number of carbonyl (C=O) groups excluding carboxylic acids is 2. The van der Waals surface area contributed by atoms with E-state index in [4.69, 9.17) is 0 Å². The maximum Gasteiger partial charge on any atom is 0.293 e. The molecular formula is C34H39N7O3. The molecule has 0 radical (unpaired) electrons. The van der Waals surface area contributed by atoms with E-state index in [1.807, 2.05) is 99.7 Å². The van der Waals surface area contributed by atoms with Crippen LogP contribution in [0.4, 0.5) is 22.9 Å². The highest BCUT2D eigenvalue weighted by molar-refractivity contribution is 6.05. The van der Waals surface area contributed by atoms with Crippen molar-refractivity contribution in [3.8, 4) is 11.3 Å². The first kappa shape index (κ1) is 30.5. The third-order valence-corrected chi connectivity index (χ3v) is 8.30. The first-order valence-electron chi connectivity index (χ1n) is 14.7. The summed E-state index contributed by atoms with van der Waals surface area (Å²) in [5, 5.41) is 6.19. The fourth-order valence-corrected chi connectivity index (χ4v) is 5.34. The quantitative estimate of drug-likeness (QED) is 0.307. The average Bonchev–Trinajstić information content (AvgIpc) is 3.02. The molecule has 228 valence electrons. The number of amides is 2. The van der Waals surface area contributed by atoms with Crippen LogP contribution in [-0.2, 0) is 11.8 Å². The van der Waals surface area contributed by atoms with Crippen LogP contribution >= 0.6 is 0 Å². The smallest absolute Gasteiger partial charge is 0.293 e. The number of rotatable bonds is 8. The van der Waals surface area contributed by atoms with Crippen molar-refractivity contribution in [3.05, 3.63) is 100.0 Å². The maximum absolute atomic E-state index is 13.1. The van der Waals surface area contributed by atoms with Crippen LogP contribution in [0.1, 0.15) is 34.5 Å². The number of anilines is 4. The minimum absolute atomic E-state index is 0.0641. The Morgan fingerprint density at radius 3 is 2.36 bits per heavy atom. The van der Waals surface area contributed by atoms with Crippen LogP contribution in [0.5, 0.6) is 0 Å². The molecule has 1 atom stereocenters. The molecule has 5 rings (SSSR count). The van der Waals surface area contributed by atoms with Crippen molar-refractivity contribution in [2.24, 2.45) is 7.05 Å². The molecule has 0 spiro atoms. The van der Waals surface area contributed by atoms with E-state index in [9.17, 15) is 14.4 Å². The van der Waals surface area contributed by atoms with E-state index in [2.05, 4.69) is 27.4 Å². The second-order valence-corrected chi connectivity index (χ2v) is 11.3. The Morgan fingerprint density at radius 2 is 1.68 bits per heavy atom. The molecule has 0 bridgehead atoms. The summed E-state index contributed by atoms with van der Waals surface area (Å²) in [4.78, 5) is 49.5. The lowest BCUT2D eigenvalue weighted by atomic mass is 10.0. The zero-order valence-electron chi connectivity index (χ0n) is 26.1. The normalized spacial score (nSPS) is 15.3. The van der Waals surface area contributed by atoms with Crippen molar-refractivity contribution in [3.63, 3.8) is 0 Å². The molecular weight excluding hydrogens is 554 g/mol. The molecule has 0 aliphatic carbocycles. The van der Waals surface area contributed by atoms with E-state index < -0.39 is 0 Å². The van der Waals surface area contributed by atoms with Crippen LogP contribution in [0, 0.1) is 6.92 Å². The van der Waals surface area contributed by atoms with Crippen LogP contribution in [-0.4, -0.2) is 71.9 Å². The Bertz CT molecular complexity index is 1730. The fourth-order valence-electron chi connectivity index (χ4n) is 5.34. The molecule has 2 amide bonds. The summed E-state index contributed by atoms with van der Waals surface area (Å²) in [7, 11) is 7.46.